The molecule has 29 heavy (non-hydrogen) atoms. The van der Waals surface area contributed by atoms with E-state index < -0.39 is 17.4 Å². The molecule has 1 atom stereocenters. The molecule has 2 N–H and O–H groups in total. The summed E-state index contributed by atoms with van der Waals surface area (Å²) in [7, 11) is 0. The fourth-order valence-electron chi connectivity index (χ4n) is 3.73. The van der Waals surface area contributed by atoms with Gasteiger partial charge in [0.2, 0.25) is 0 Å². The van der Waals surface area contributed by atoms with Crippen molar-refractivity contribution in [3.8, 4) is 5.75 Å². The van der Waals surface area contributed by atoms with Crippen LogP contribution >= 0.6 is 23.2 Å². The first-order chi connectivity index (χ1) is 13.6. The number of ether oxygens (including phenoxy) is 1. The zero-order chi connectivity index (χ0) is 21.5. The lowest BCUT2D eigenvalue weighted by Gasteiger charge is -2.46. The number of esters is 1. The van der Waals surface area contributed by atoms with Gasteiger partial charge in [0.05, 0.1) is 28.7 Å². The third-order valence-electron chi connectivity index (χ3n) is 5.28. The van der Waals surface area contributed by atoms with Crippen LogP contribution < -0.4 is 0 Å². The van der Waals surface area contributed by atoms with E-state index in [9.17, 15) is 19.8 Å². The van der Waals surface area contributed by atoms with Crippen LogP contribution in [0.25, 0.3) is 0 Å². The van der Waals surface area contributed by atoms with Crippen molar-refractivity contribution in [3.05, 3.63) is 39.1 Å². The van der Waals surface area contributed by atoms with Gasteiger partial charge in [-0.25, -0.2) is 9.80 Å². The molecule has 1 amide bonds. The number of hydrogen-bond acceptors (Lipinski definition) is 6. The first-order valence-electron chi connectivity index (χ1n) is 9.43. The number of benzene rings is 1. The summed E-state index contributed by atoms with van der Waals surface area (Å²) in [6.07, 6.45) is 1.30. The lowest BCUT2D eigenvalue weighted by atomic mass is 9.91. The van der Waals surface area contributed by atoms with Crippen molar-refractivity contribution in [2.24, 2.45) is 5.92 Å². The number of hydrazine groups is 1. The standard InChI is InChI=1S/C20H24Cl2N2O5/c1-11(2)10-29-19(28)16-17(26)20(3)5-4-6-24(20)23(18(16)27)9-13-14(21)7-12(25)8-15(13)22/h7-8,11,25-26H,4-6,9-10H2,1-3H3/t20-/m1/s1. The topological polar surface area (TPSA) is 90.3 Å². The predicted molar refractivity (Wildman–Crippen MR) is 108 cm³/mol. The molecule has 0 aromatic heterocycles. The second-order valence-electron chi connectivity index (χ2n) is 7.97. The molecule has 1 saturated heterocycles. The quantitative estimate of drug-likeness (QED) is 0.531. The number of rotatable bonds is 5. The molecule has 0 aliphatic carbocycles. The van der Waals surface area contributed by atoms with Gasteiger partial charge in [-0.05, 0) is 37.8 Å². The van der Waals surface area contributed by atoms with Crippen molar-refractivity contribution in [3.63, 3.8) is 0 Å². The van der Waals surface area contributed by atoms with Crippen LogP contribution in [0, 0.1) is 5.92 Å². The third kappa shape index (κ3) is 3.91. The lowest BCUT2D eigenvalue weighted by Crippen LogP contribution is -2.60. The zero-order valence-electron chi connectivity index (χ0n) is 16.5. The van der Waals surface area contributed by atoms with E-state index in [1.807, 2.05) is 13.8 Å². The number of aromatic hydroxyl groups is 1. The Morgan fingerprint density at radius 1 is 1.28 bits per heavy atom. The van der Waals surface area contributed by atoms with Gasteiger partial charge in [-0.15, -0.1) is 0 Å². The summed E-state index contributed by atoms with van der Waals surface area (Å²) in [5.74, 6) is -1.79. The molecule has 7 nitrogen and oxygen atoms in total. The van der Waals surface area contributed by atoms with Gasteiger partial charge >= 0.3 is 5.97 Å². The van der Waals surface area contributed by atoms with E-state index in [0.717, 1.165) is 6.42 Å². The largest absolute Gasteiger partial charge is 0.509 e. The van der Waals surface area contributed by atoms with E-state index in [0.29, 0.717) is 18.5 Å². The zero-order valence-corrected chi connectivity index (χ0v) is 18.0. The number of carbonyl (C=O) groups excluding carboxylic acids is 2. The van der Waals surface area contributed by atoms with Crippen LogP contribution in [0.4, 0.5) is 0 Å². The summed E-state index contributed by atoms with van der Waals surface area (Å²) >= 11 is 12.5. The average molecular weight is 443 g/mol. The molecule has 2 aliphatic heterocycles. The second-order valence-corrected chi connectivity index (χ2v) is 8.78. The Balaban J connectivity index is 2.01. The molecule has 1 fully saturated rings. The van der Waals surface area contributed by atoms with Crippen LogP contribution in [0.2, 0.25) is 10.0 Å². The molecule has 0 unspecified atom stereocenters. The number of carbonyl (C=O) groups is 2. The highest BCUT2D eigenvalue weighted by atomic mass is 35.5. The summed E-state index contributed by atoms with van der Waals surface area (Å²) in [6.45, 7) is 6.19. The number of amides is 1. The molecule has 1 aromatic rings. The van der Waals surface area contributed by atoms with Gasteiger partial charge in [0.1, 0.15) is 11.5 Å². The fourth-order valence-corrected chi connectivity index (χ4v) is 4.33. The molecular weight excluding hydrogens is 419 g/mol. The van der Waals surface area contributed by atoms with Crippen molar-refractivity contribution in [1.82, 2.24) is 10.0 Å². The SMILES string of the molecule is CC(C)COC(=O)C1=C(O)[C@@]2(C)CCCN2N(Cc2c(Cl)cc(O)cc2Cl)C1=O. The number of phenols is 1. The fraction of sp³-hybridized carbons (Fsp3) is 0.500. The Morgan fingerprint density at radius 3 is 2.48 bits per heavy atom. The number of phenolic OH excluding ortho intramolecular Hbond substituents is 1. The average Bonchev–Trinajstić information content (AvgIpc) is 3.02. The molecule has 9 heteroatoms. The van der Waals surface area contributed by atoms with Gasteiger partial charge in [-0.2, -0.15) is 0 Å². The summed E-state index contributed by atoms with van der Waals surface area (Å²) < 4.78 is 5.23. The normalized spacial score (nSPS) is 22.4. The lowest BCUT2D eigenvalue weighted by molar-refractivity contribution is -0.164. The summed E-state index contributed by atoms with van der Waals surface area (Å²) in [5.41, 5.74) is -0.835. The van der Waals surface area contributed by atoms with E-state index in [1.54, 1.807) is 11.9 Å². The molecule has 158 valence electrons. The highest BCUT2D eigenvalue weighted by Crippen LogP contribution is 2.42. The highest BCUT2D eigenvalue weighted by Gasteiger charge is 2.53. The monoisotopic (exact) mass is 442 g/mol. The molecular formula is C20H24Cl2N2O5. The number of aliphatic hydroxyl groups is 1. The number of aliphatic hydroxyl groups excluding tert-OH is 1. The van der Waals surface area contributed by atoms with Gasteiger partial charge in [0.15, 0.2) is 5.57 Å². The van der Waals surface area contributed by atoms with Crippen LogP contribution in [0.5, 0.6) is 5.75 Å². The maximum atomic E-state index is 13.2. The highest BCUT2D eigenvalue weighted by molar-refractivity contribution is 6.36. The van der Waals surface area contributed by atoms with E-state index in [2.05, 4.69) is 0 Å². The van der Waals surface area contributed by atoms with Gasteiger partial charge in [0.25, 0.3) is 5.91 Å². The van der Waals surface area contributed by atoms with Crippen molar-refractivity contribution in [2.75, 3.05) is 13.2 Å². The van der Waals surface area contributed by atoms with E-state index in [4.69, 9.17) is 27.9 Å². The summed E-state index contributed by atoms with van der Waals surface area (Å²) in [4.78, 5) is 25.9. The number of fused-ring (bicyclic) bond motifs is 1. The van der Waals surface area contributed by atoms with Crippen molar-refractivity contribution >= 4 is 35.1 Å². The predicted octanol–water partition coefficient (Wildman–Crippen LogP) is 3.82. The van der Waals surface area contributed by atoms with Gasteiger partial charge < -0.3 is 14.9 Å². The smallest absolute Gasteiger partial charge is 0.347 e. The minimum atomic E-state index is -0.907. The number of halogens is 2. The summed E-state index contributed by atoms with van der Waals surface area (Å²) in [5, 5.41) is 24.0. The summed E-state index contributed by atoms with van der Waals surface area (Å²) in [6, 6.07) is 2.68. The van der Waals surface area contributed by atoms with Crippen LogP contribution in [0.3, 0.4) is 0 Å². The Morgan fingerprint density at radius 2 is 1.90 bits per heavy atom. The Hall–Kier alpha value is -1.96. The van der Waals surface area contributed by atoms with Crippen LogP contribution in [0.1, 0.15) is 39.2 Å². The molecule has 0 saturated carbocycles. The Labute approximate surface area is 179 Å². The van der Waals surface area contributed by atoms with E-state index in [-0.39, 0.29) is 46.2 Å². The molecule has 2 aliphatic rings. The second kappa shape index (κ2) is 8.05. The van der Waals surface area contributed by atoms with Crippen LogP contribution in [-0.2, 0) is 20.9 Å². The van der Waals surface area contributed by atoms with Crippen molar-refractivity contribution in [2.45, 2.75) is 45.7 Å². The van der Waals surface area contributed by atoms with Crippen LogP contribution in [0.15, 0.2) is 23.5 Å². The molecule has 2 heterocycles. The Bertz CT molecular complexity index is 863. The molecule has 0 bridgehead atoms. The van der Waals surface area contributed by atoms with Gasteiger partial charge in [-0.3, -0.25) is 9.80 Å². The third-order valence-corrected chi connectivity index (χ3v) is 5.95. The molecule has 1 aromatic carbocycles. The number of hydrogen-bond donors (Lipinski definition) is 2. The van der Waals surface area contributed by atoms with Crippen molar-refractivity contribution in [1.29, 1.82) is 0 Å². The first-order valence-corrected chi connectivity index (χ1v) is 10.2. The maximum Gasteiger partial charge on any atom is 0.347 e. The minimum absolute atomic E-state index is 0.0133. The molecule has 0 spiro atoms. The maximum absolute atomic E-state index is 13.2. The molecule has 0 radical (unpaired) electrons. The Kier molecular flexibility index (Phi) is 6.03. The van der Waals surface area contributed by atoms with Gasteiger partial charge in [0, 0.05) is 12.1 Å². The van der Waals surface area contributed by atoms with Crippen LogP contribution in [-0.4, -0.2) is 50.8 Å². The number of nitrogens with zero attached hydrogens (tertiary/aromatic N) is 2. The van der Waals surface area contributed by atoms with Crippen molar-refractivity contribution < 1.29 is 24.5 Å². The van der Waals surface area contributed by atoms with E-state index >= 15 is 0 Å². The first kappa shape index (κ1) is 21.7. The minimum Gasteiger partial charge on any atom is -0.509 e. The van der Waals surface area contributed by atoms with E-state index in [1.165, 1.54) is 17.1 Å². The molecule has 3 rings (SSSR count). The van der Waals surface area contributed by atoms with Gasteiger partial charge in [-0.1, -0.05) is 37.0 Å².